The first-order valence-electron chi connectivity index (χ1n) is 2.96. The predicted octanol–water partition coefficient (Wildman–Crippen LogP) is -3.51. The van der Waals surface area contributed by atoms with Crippen molar-refractivity contribution in [2.45, 2.75) is 0 Å². The Morgan fingerprint density at radius 3 is 2.54 bits per heavy atom. The third-order valence-electron chi connectivity index (χ3n) is 0.814. The van der Waals surface area contributed by atoms with E-state index < -0.39 is 9.15 Å². The van der Waals surface area contributed by atoms with Gasteiger partial charge in [-0.25, -0.2) is 8.42 Å². The van der Waals surface area contributed by atoms with Gasteiger partial charge < -0.3 is 9.87 Å². The fourth-order valence-electron chi connectivity index (χ4n) is 0.390. The molecule has 0 heterocycles. The zero-order chi connectivity index (χ0) is 9.61. The van der Waals surface area contributed by atoms with E-state index in [1.807, 2.05) is 0 Å². The Labute approximate surface area is 103 Å². The molecule has 0 unspecified atom stereocenters. The Morgan fingerprint density at radius 1 is 1.62 bits per heavy atom. The molecule has 1 N–H and O–H groups in total. The summed E-state index contributed by atoms with van der Waals surface area (Å²) in [6, 6.07) is 0. The minimum atomic E-state index is -4.24. The maximum Gasteiger partial charge on any atom is 1.00 e. The molecule has 0 bridgehead atoms. The largest absolute Gasteiger partial charge is 1.00 e. The number of amides is 1. The number of rotatable bonds is 5. The zero-order valence-electron chi connectivity index (χ0n) is 7.15. The molecule has 0 aliphatic heterocycles. The zero-order valence-corrected chi connectivity index (χ0v) is 10.8. The van der Waals surface area contributed by atoms with Crippen molar-refractivity contribution in [1.82, 2.24) is 5.32 Å². The van der Waals surface area contributed by atoms with E-state index in [-0.39, 0.29) is 58.6 Å². The van der Waals surface area contributed by atoms with Crippen molar-refractivity contribution in [2.75, 3.05) is 12.3 Å². The van der Waals surface area contributed by atoms with E-state index in [4.69, 9.17) is 0 Å². The predicted molar refractivity (Wildman–Crippen MR) is 45.4 cm³/mol. The minimum absolute atomic E-state index is 0. The molecule has 0 aromatic carbocycles. The summed E-state index contributed by atoms with van der Waals surface area (Å²) in [7, 11) is -3.99. The second kappa shape index (κ2) is 7.84. The average Bonchev–Trinajstić information content (AvgIpc) is 1.96. The van der Waals surface area contributed by atoms with Crippen LogP contribution in [0.1, 0.15) is 0 Å². The summed E-state index contributed by atoms with van der Waals surface area (Å²) in [5.41, 5.74) is 0. The Kier molecular flexibility index (Phi) is 9.60. The van der Waals surface area contributed by atoms with Crippen LogP contribution in [0.2, 0.25) is 0 Å². The molecule has 8 heteroatoms. The van der Waals surface area contributed by atoms with Gasteiger partial charge in [0.1, 0.15) is 9.15 Å². The quantitative estimate of drug-likeness (QED) is 0.175. The summed E-state index contributed by atoms with van der Waals surface area (Å²) in [4.78, 5) is 10.5. The van der Waals surface area contributed by atoms with Crippen LogP contribution in [0.4, 0.5) is 0 Å². The number of hydrogen-bond donors (Lipinski definition) is 1. The van der Waals surface area contributed by atoms with Crippen LogP contribution in [0.3, 0.4) is 0 Å². The number of nitrogens with one attached hydrogen (secondary N) is 1. The molecule has 0 atom stereocenters. The van der Waals surface area contributed by atoms with Gasteiger partial charge in [-0.1, -0.05) is 6.58 Å². The van der Waals surface area contributed by atoms with Crippen LogP contribution in [-0.2, 0) is 13.9 Å². The van der Waals surface area contributed by atoms with Gasteiger partial charge >= 0.3 is 29.6 Å². The molecule has 1 amide bonds. The number of carbonyl (C=O) groups excluding carboxylic acids is 1. The summed E-state index contributed by atoms with van der Waals surface area (Å²) in [5, 5.41) is 2.32. The molecular formula is C5H8NNaO4S2. The van der Waals surface area contributed by atoms with Crippen LogP contribution in [0.25, 0.3) is 0 Å². The van der Waals surface area contributed by atoms with Crippen molar-refractivity contribution in [3.05, 3.63) is 12.7 Å². The third-order valence-corrected chi connectivity index (χ3v) is 2.84. The van der Waals surface area contributed by atoms with Crippen molar-refractivity contribution in [2.24, 2.45) is 0 Å². The summed E-state index contributed by atoms with van der Waals surface area (Å²) >= 11 is 0. The maximum absolute atomic E-state index is 10.5. The van der Waals surface area contributed by atoms with Crippen molar-refractivity contribution in [3.63, 3.8) is 0 Å². The molecule has 0 aliphatic rings. The molecular weight excluding hydrogens is 225 g/mol. The van der Waals surface area contributed by atoms with Crippen molar-refractivity contribution >= 4 is 25.9 Å². The minimum Gasteiger partial charge on any atom is -0.739 e. The number of hydrogen-bond acceptors (Lipinski definition) is 5. The SMILES string of the molecule is C=CC(=O)NCCSS(=O)(=O)[O-].[Na+]. The molecule has 0 spiro atoms. The molecule has 0 aliphatic carbocycles. The molecule has 0 saturated carbocycles. The Hall–Kier alpha value is 0.470. The van der Waals surface area contributed by atoms with Crippen LogP contribution in [-0.4, -0.2) is 31.2 Å². The van der Waals surface area contributed by atoms with E-state index >= 15 is 0 Å². The summed E-state index contributed by atoms with van der Waals surface area (Å²) in [5.74, 6) is -0.343. The van der Waals surface area contributed by atoms with E-state index in [0.29, 0.717) is 0 Å². The second-order valence-corrected chi connectivity index (χ2v) is 5.12. The van der Waals surface area contributed by atoms with Crippen molar-refractivity contribution in [1.29, 1.82) is 0 Å². The van der Waals surface area contributed by atoms with E-state index in [1.54, 1.807) is 0 Å². The molecule has 5 nitrogen and oxygen atoms in total. The topological polar surface area (TPSA) is 86.3 Å². The smallest absolute Gasteiger partial charge is 0.739 e. The van der Waals surface area contributed by atoms with Crippen LogP contribution in [0.15, 0.2) is 12.7 Å². The van der Waals surface area contributed by atoms with Crippen LogP contribution in [0, 0.1) is 0 Å². The Bertz CT molecular complexity index is 264. The van der Waals surface area contributed by atoms with Gasteiger partial charge in [0.05, 0.1) is 0 Å². The van der Waals surface area contributed by atoms with Gasteiger partial charge in [0.25, 0.3) is 0 Å². The third kappa shape index (κ3) is 12.5. The summed E-state index contributed by atoms with van der Waals surface area (Å²) < 4.78 is 30.1. The van der Waals surface area contributed by atoms with E-state index in [1.165, 1.54) is 0 Å². The molecule has 0 saturated heterocycles. The van der Waals surface area contributed by atoms with Gasteiger partial charge in [0.15, 0.2) is 0 Å². The van der Waals surface area contributed by atoms with Gasteiger partial charge in [-0.05, 0) is 16.9 Å². The van der Waals surface area contributed by atoms with Crippen LogP contribution >= 0.6 is 10.8 Å². The van der Waals surface area contributed by atoms with Crippen molar-refractivity contribution < 1.29 is 47.3 Å². The first-order valence-corrected chi connectivity index (χ1v) is 5.87. The van der Waals surface area contributed by atoms with Crippen LogP contribution in [0.5, 0.6) is 0 Å². The monoisotopic (exact) mass is 233 g/mol. The molecule has 0 aromatic rings. The van der Waals surface area contributed by atoms with Gasteiger partial charge in [0.2, 0.25) is 5.91 Å². The Balaban J connectivity index is 0. The van der Waals surface area contributed by atoms with Gasteiger partial charge in [-0.2, -0.15) is 0 Å². The first kappa shape index (κ1) is 15.9. The second-order valence-electron chi connectivity index (χ2n) is 1.73. The normalized spacial score (nSPS) is 9.92. The first-order chi connectivity index (χ1) is 5.45. The van der Waals surface area contributed by atoms with Gasteiger partial charge in [-0.3, -0.25) is 4.79 Å². The average molecular weight is 233 g/mol. The summed E-state index contributed by atoms with van der Waals surface area (Å²) in [6.45, 7) is 3.33. The number of carbonyl (C=O) groups is 1. The van der Waals surface area contributed by atoms with Crippen LogP contribution < -0.4 is 34.9 Å². The fourth-order valence-corrected chi connectivity index (χ4v) is 1.64. The molecule has 0 aromatic heterocycles. The van der Waals surface area contributed by atoms with E-state index in [0.717, 1.165) is 6.08 Å². The fraction of sp³-hybridized carbons (Fsp3) is 0.400. The van der Waals surface area contributed by atoms with E-state index in [2.05, 4.69) is 11.9 Å². The standard InChI is InChI=1S/C5H9NO4S2.Na/c1-2-5(7)6-3-4-11-12(8,9)10;/h2H,1,3-4H2,(H,6,7)(H,8,9,10);/q;+1/p-1. The Morgan fingerprint density at radius 2 is 2.15 bits per heavy atom. The van der Waals surface area contributed by atoms with E-state index in [9.17, 15) is 17.8 Å². The molecule has 70 valence electrons. The molecule has 0 fully saturated rings. The molecule has 0 rings (SSSR count). The van der Waals surface area contributed by atoms with Gasteiger partial charge in [0, 0.05) is 12.3 Å². The molecule has 0 radical (unpaired) electrons. The maximum atomic E-state index is 10.5. The molecule has 13 heavy (non-hydrogen) atoms. The van der Waals surface area contributed by atoms with Crippen molar-refractivity contribution in [3.8, 4) is 0 Å². The van der Waals surface area contributed by atoms with Gasteiger partial charge in [-0.15, -0.1) is 0 Å². The summed E-state index contributed by atoms with van der Waals surface area (Å²) in [6.07, 6.45) is 1.07.